The van der Waals surface area contributed by atoms with Crippen molar-refractivity contribution < 1.29 is 8.95 Å². The predicted molar refractivity (Wildman–Crippen MR) is 76.6 cm³/mol. The van der Waals surface area contributed by atoms with E-state index in [0.29, 0.717) is 0 Å². The first-order valence-corrected chi connectivity index (χ1v) is 7.80. The Kier molecular flexibility index (Phi) is 6.12. The quantitative estimate of drug-likeness (QED) is 0.827. The average molecular weight is 270 g/mol. The van der Waals surface area contributed by atoms with Gasteiger partial charge in [0.15, 0.2) is 11.6 Å². The fraction of sp³-hybridized carbons (Fsp3) is 0.615. The van der Waals surface area contributed by atoms with E-state index in [0.717, 1.165) is 24.5 Å². The van der Waals surface area contributed by atoms with Crippen LogP contribution in [0.1, 0.15) is 27.2 Å². The molecule has 1 rings (SSSR count). The molecule has 0 aromatic carbocycles. The fourth-order valence-electron chi connectivity index (χ4n) is 1.43. The van der Waals surface area contributed by atoms with E-state index in [1.54, 1.807) is 12.5 Å². The second kappa shape index (κ2) is 7.36. The SMILES string of the molecule is CC(C)Oc1cccnc1NCCC(C)S(C)=O. The third-order valence-corrected chi connectivity index (χ3v) is 3.91. The second-order valence-corrected chi connectivity index (χ2v) is 6.34. The van der Waals surface area contributed by atoms with E-state index in [1.165, 1.54) is 0 Å². The molecule has 0 aliphatic rings. The van der Waals surface area contributed by atoms with Gasteiger partial charge >= 0.3 is 0 Å². The molecule has 0 fully saturated rings. The molecule has 1 aromatic rings. The van der Waals surface area contributed by atoms with Crippen LogP contribution in [0.5, 0.6) is 5.75 Å². The molecular formula is C13H22N2O2S. The highest BCUT2D eigenvalue weighted by Crippen LogP contribution is 2.22. The standard InChI is InChI=1S/C13H22N2O2S/c1-10(2)17-12-6-5-8-14-13(12)15-9-7-11(3)18(4)16/h5-6,8,10-11H,7,9H2,1-4H3,(H,14,15). The van der Waals surface area contributed by atoms with Gasteiger partial charge in [-0.3, -0.25) is 4.21 Å². The Morgan fingerprint density at radius 3 is 2.78 bits per heavy atom. The van der Waals surface area contributed by atoms with Crippen molar-refractivity contribution in [3.05, 3.63) is 18.3 Å². The van der Waals surface area contributed by atoms with E-state index in [4.69, 9.17) is 4.74 Å². The van der Waals surface area contributed by atoms with E-state index in [1.807, 2.05) is 32.9 Å². The Morgan fingerprint density at radius 1 is 1.44 bits per heavy atom. The summed E-state index contributed by atoms with van der Waals surface area (Å²) in [5, 5.41) is 3.42. The van der Waals surface area contributed by atoms with Crippen LogP contribution in [0.2, 0.25) is 0 Å². The summed E-state index contributed by atoms with van der Waals surface area (Å²) in [7, 11) is -0.774. The van der Waals surface area contributed by atoms with E-state index >= 15 is 0 Å². The maximum atomic E-state index is 11.2. The molecule has 0 bridgehead atoms. The zero-order valence-electron chi connectivity index (χ0n) is 11.5. The molecule has 0 aliphatic heterocycles. The molecule has 0 amide bonds. The topological polar surface area (TPSA) is 51.2 Å². The summed E-state index contributed by atoms with van der Waals surface area (Å²) in [4.78, 5) is 4.26. The minimum atomic E-state index is -0.774. The minimum absolute atomic E-state index is 0.122. The highest BCUT2D eigenvalue weighted by atomic mass is 32.2. The number of hydrogen-bond donors (Lipinski definition) is 1. The van der Waals surface area contributed by atoms with Gasteiger partial charge in [0.05, 0.1) is 6.10 Å². The number of anilines is 1. The lowest BCUT2D eigenvalue weighted by Gasteiger charge is -2.15. The maximum Gasteiger partial charge on any atom is 0.168 e. The van der Waals surface area contributed by atoms with Crippen molar-refractivity contribution in [3.63, 3.8) is 0 Å². The summed E-state index contributed by atoms with van der Waals surface area (Å²) in [6, 6.07) is 3.75. The monoisotopic (exact) mass is 270 g/mol. The van der Waals surface area contributed by atoms with Crippen LogP contribution in [0.4, 0.5) is 5.82 Å². The van der Waals surface area contributed by atoms with Crippen LogP contribution in [-0.4, -0.2) is 33.3 Å². The van der Waals surface area contributed by atoms with Crippen LogP contribution < -0.4 is 10.1 Å². The van der Waals surface area contributed by atoms with Crippen molar-refractivity contribution in [2.24, 2.45) is 0 Å². The van der Waals surface area contributed by atoms with Crippen molar-refractivity contribution in [2.45, 2.75) is 38.5 Å². The van der Waals surface area contributed by atoms with Gasteiger partial charge in [-0.15, -0.1) is 0 Å². The normalized spacial score (nSPS) is 14.3. The Labute approximate surface area is 112 Å². The summed E-state index contributed by atoms with van der Waals surface area (Å²) in [5.41, 5.74) is 0. The zero-order valence-corrected chi connectivity index (χ0v) is 12.3. The summed E-state index contributed by atoms with van der Waals surface area (Å²) >= 11 is 0. The fourth-order valence-corrected chi connectivity index (χ4v) is 1.88. The highest BCUT2D eigenvalue weighted by Gasteiger charge is 2.08. The van der Waals surface area contributed by atoms with Gasteiger partial charge in [0, 0.05) is 35.0 Å². The predicted octanol–water partition coefficient (Wildman–Crippen LogP) is 2.44. The average Bonchev–Trinajstić information content (AvgIpc) is 2.30. The molecule has 2 unspecified atom stereocenters. The molecule has 1 aromatic heterocycles. The molecule has 1 heterocycles. The lowest BCUT2D eigenvalue weighted by Crippen LogP contribution is -2.16. The molecule has 0 radical (unpaired) electrons. The molecule has 18 heavy (non-hydrogen) atoms. The van der Waals surface area contributed by atoms with Crippen LogP contribution in [0.25, 0.3) is 0 Å². The summed E-state index contributed by atoms with van der Waals surface area (Å²) in [5.74, 6) is 1.51. The van der Waals surface area contributed by atoms with Gasteiger partial charge in [-0.1, -0.05) is 6.92 Å². The van der Waals surface area contributed by atoms with Gasteiger partial charge in [0.2, 0.25) is 0 Å². The molecule has 4 nitrogen and oxygen atoms in total. The smallest absolute Gasteiger partial charge is 0.168 e. The number of nitrogens with one attached hydrogen (secondary N) is 1. The van der Waals surface area contributed by atoms with Crippen molar-refractivity contribution in [1.29, 1.82) is 0 Å². The molecule has 0 saturated carbocycles. The van der Waals surface area contributed by atoms with Crippen molar-refractivity contribution in [3.8, 4) is 5.75 Å². The van der Waals surface area contributed by atoms with Crippen molar-refractivity contribution in [2.75, 3.05) is 18.1 Å². The number of pyridine rings is 1. The first-order valence-electron chi connectivity index (χ1n) is 6.18. The first kappa shape index (κ1) is 15.0. The van der Waals surface area contributed by atoms with Crippen LogP contribution in [-0.2, 0) is 10.8 Å². The number of aromatic nitrogens is 1. The second-order valence-electron chi connectivity index (χ2n) is 4.54. The number of ether oxygens (including phenoxy) is 1. The molecule has 0 aliphatic carbocycles. The minimum Gasteiger partial charge on any atom is -0.487 e. The molecule has 2 atom stereocenters. The largest absolute Gasteiger partial charge is 0.487 e. The Balaban J connectivity index is 2.53. The van der Waals surface area contributed by atoms with E-state index in [2.05, 4.69) is 10.3 Å². The van der Waals surface area contributed by atoms with Gasteiger partial charge in [0.1, 0.15) is 0 Å². The third kappa shape index (κ3) is 5.04. The van der Waals surface area contributed by atoms with Crippen LogP contribution >= 0.6 is 0 Å². The lowest BCUT2D eigenvalue weighted by atomic mass is 10.3. The number of nitrogens with zero attached hydrogens (tertiary/aromatic N) is 1. The molecule has 0 saturated heterocycles. The van der Waals surface area contributed by atoms with E-state index < -0.39 is 10.8 Å². The molecular weight excluding hydrogens is 248 g/mol. The van der Waals surface area contributed by atoms with Crippen molar-refractivity contribution in [1.82, 2.24) is 4.98 Å². The lowest BCUT2D eigenvalue weighted by molar-refractivity contribution is 0.243. The van der Waals surface area contributed by atoms with Crippen LogP contribution in [0.15, 0.2) is 18.3 Å². The van der Waals surface area contributed by atoms with Gasteiger partial charge < -0.3 is 10.1 Å². The summed E-state index contributed by atoms with van der Waals surface area (Å²) < 4.78 is 16.9. The van der Waals surface area contributed by atoms with E-state index in [9.17, 15) is 4.21 Å². The molecule has 102 valence electrons. The van der Waals surface area contributed by atoms with Gasteiger partial charge in [-0.05, 0) is 32.4 Å². The summed E-state index contributed by atoms with van der Waals surface area (Å²) in [6.45, 7) is 6.70. The summed E-state index contributed by atoms with van der Waals surface area (Å²) in [6.07, 6.45) is 4.44. The molecule has 0 spiro atoms. The van der Waals surface area contributed by atoms with Gasteiger partial charge in [-0.2, -0.15) is 0 Å². The van der Waals surface area contributed by atoms with Crippen LogP contribution in [0, 0.1) is 0 Å². The highest BCUT2D eigenvalue weighted by molar-refractivity contribution is 7.84. The Hall–Kier alpha value is -1.10. The molecule has 1 N–H and O–H groups in total. The van der Waals surface area contributed by atoms with Gasteiger partial charge in [0.25, 0.3) is 0 Å². The Bertz CT molecular complexity index is 396. The number of hydrogen-bond acceptors (Lipinski definition) is 4. The Morgan fingerprint density at radius 2 is 2.17 bits per heavy atom. The maximum absolute atomic E-state index is 11.2. The van der Waals surface area contributed by atoms with E-state index in [-0.39, 0.29) is 11.4 Å². The van der Waals surface area contributed by atoms with Crippen molar-refractivity contribution >= 4 is 16.6 Å². The molecule has 5 heteroatoms. The van der Waals surface area contributed by atoms with Crippen LogP contribution in [0.3, 0.4) is 0 Å². The van der Waals surface area contributed by atoms with Gasteiger partial charge in [-0.25, -0.2) is 4.98 Å². The zero-order chi connectivity index (χ0) is 13.5. The number of rotatable bonds is 7. The first-order chi connectivity index (χ1) is 8.50. The third-order valence-electron chi connectivity index (χ3n) is 2.54.